The molecule has 0 aliphatic carbocycles. The Balaban J connectivity index is 4.21. The van der Waals surface area contributed by atoms with Crippen LogP contribution in [0.15, 0.2) is 12.2 Å². The van der Waals surface area contributed by atoms with E-state index in [2.05, 4.69) is 26.0 Å². The van der Waals surface area contributed by atoms with Gasteiger partial charge in [0.15, 0.2) is 12.1 Å². The molecule has 0 aliphatic heterocycles. The van der Waals surface area contributed by atoms with Gasteiger partial charge >= 0.3 is 17.9 Å². The van der Waals surface area contributed by atoms with Gasteiger partial charge in [0.2, 0.25) is 0 Å². The molecular formula is C53H102NO7+. The fourth-order valence-corrected chi connectivity index (χ4v) is 8.09. The number of rotatable bonds is 48. The lowest BCUT2D eigenvalue weighted by Crippen LogP contribution is -2.50. The molecule has 0 saturated heterocycles. The number of carboxylic acid groups (broad SMARTS) is 1. The Kier molecular flexibility index (Phi) is 43.3. The van der Waals surface area contributed by atoms with Crippen molar-refractivity contribution in [1.82, 2.24) is 0 Å². The van der Waals surface area contributed by atoms with Gasteiger partial charge in [0.1, 0.15) is 6.61 Å². The van der Waals surface area contributed by atoms with E-state index < -0.39 is 18.1 Å². The molecule has 2 atom stereocenters. The predicted molar refractivity (Wildman–Crippen MR) is 257 cm³/mol. The number of hydrogen-bond donors (Lipinski definition) is 1. The first-order valence-corrected chi connectivity index (χ1v) is 26.2. The van der Waals surface area contributed by atoms with Crippen LogP contribution in [0.1, 0.15) is 258 Å². The number of allylic oxidation sites excluding steroid dienone is 2. The van der Waals surface area contributed by atoms with Crippen molar-refractivity contribution in [3.63, 3.8) is 0 Å². The van der Waals surface area contributed by atoms with Crippen molar-refractivity contribution in [1.29, 1.82) is 0 Å². The van der Waals surface area contributed by atoms with Crippen molar-refractivity contribution in [3.8, 4) is 0 Å². The summed E-state index contributed by atoms with van der Waals surface area (Å²) in [6, 6.07) is -0.612. The number of esters is 2. The van der Waals surface area contributed by atoms with Crippen molar-refractivity contribution in [2.45, 2.75) is 270 Å². The van der Waals surface area contributed by atoms with Crippen LogP contribution in [0, 0.1) is 0 Å². The lowest BCUT2D eigenvalue weighted by molar-refractivity contribution is -0.887. The Morgan fingerprint density at radius 3 is 1.18 bits per heavy atom. The van der Waals surface area contributed by atoms with E-state index in [-0.39, 0.29) is 36.2 Å². The van der Waals surface area contributed by atoms with Crippen molar-refractivity contribution in [3.05, 3.63) is 12.2 Å². The van der Waals surface area contributed by atoms with Gasteiger partial charge in [0, 0.05) is 19.3 Å². The van der Waals surface area contributed by atoms with Gasteiger partial charge in [-0.15, -0.1) is 0 Å². The Labute approximate surface area is 378 Å². The van der Waals surface area contributed by atoms with Crippen LogP contribution in [-0.4, -0.2) is 80.6 Å². The van der Waals surface area contributed by atoms with E-state index in [0.29, 0.717) is 19.3 Å². The lowest BCUT2D eigenvalue weighted by Gasteiger charge is -2.31. The van der Waals surface area contributed by atoms with Gasteiger partial charge in [-0.05, 0) is 38.5 Å². The highest BCUT2D eigenvalue weighted by atomic mass is 16.6. The number of ether oxygens (including phenoxy) is 3. The summed E-state index contributed by atoms with van der Waals surface area (Å²) in [6.45, 7) is 4.78. The largest absolute Gasteiger partial charge is 0.477 e. The van der Waals surface area contributed by atoms with Crippen LogP contribution in [0.3, 0.4) is 0 Å². The molecule has 0 bridgehead atoms. The number of carbonyl (C=O) groups excluding carboxylic acids is 2. The number of likely N-dealkylation sites (N-methyl/N-ethyl adjacent to an activating group) is 1. The van der Waals surface area contributed by atoms with Gasteiger partial charge < -0.3 is 23.8 Å². The minimum atomic E-state index is -0.871. The van der Waals surface area contributed by atoms with Crippen LogP contribution in [0.25, 0.3) is 0 Å². The van der Waals surface area contributed by atoms with Gasteiger partial charge in [-0.25, -0.2) is 4.79 Å². The molecule has 8 nitrogen and oxygen atoms in total. The average Bonchev–Trinajstić information content (AvgIpc) is 3.22. The first kappa shape index (κ1) is 59.1. The smallest absolute Gasteiger partial charge is 0.362 e. The molecule has 0 rings (SSSR count). The van der Waals surface area contributed by atoms with E-state index in [1.54, 1.807) is 0 Å². The first-order chi connectivity index (χ1) is 29.6. The van der Waals surface area contributed by atoms with E-state index in [9.17, 15) is 19.5 Å². The number of carboxylic acids is 1. The Morgan fingerprint density at radius 1 is 0.475 bits per heavy atom. The number of unbranched alkanes of at least 4 members (excludes halogenated alkanes) is 32. The molecule has 0 aromatic rings. The molecule has 0 aromatic carbocycles. The summed E-state index contributed by atoms with van der Waals surface area (Å²) in [5.41, 5.74) is 0. The maximum atomic E-state index is 12.8. The zero-order valence-corrected chi connectivity index (χ0v) is 41.1. The fourth-order valence-electron chi connectivity index (χ4n) is 8.09. The maximum absolute atomic E-state index is 12.8. The number of quaternary nitrogens is 1. The fraction of sp³-hybridized carbons (Fsp3) is 0.906. The van der Waals surface area contributed by atoms with Gasteiger partial charge in [-0.1, -0.05) is 212 Å². The summed E-state index contributed by atoms with van der Waals surface area (Å²) in [7, 11) is 5.55. The normalized spacial score (nSPS) is 12.9. The van der Waals surface area contributed by atoms with Crippen LogP contribution in [0.5, 0.6) is 0 Å². The second-order valence-corrected chi connectivity index (χ2v) is 19.1. The highest BCUT2D eigenvalue weighted by Crippen LogP contribution is 2.16. The standard InChI is InChI=1S/C53H101NO7/c1-6-8-10-12-14-16-18-20-22-24-25-26-28-30-32-34-36-38-40-42-44-52(56)61-49(47-59-46-45-50(53(57)58)54(3,4)5)48-60-51(55)43-41-39-37-35-33-31-29-27-23-21-19-17-15-13-11-9-7-2/h25-26,49-50H,6-24,27-48H2,1-5H3/p+1/b26-25+. The second-order valence-electron chi connectivity index (χ2n) is 19.1. The molecule has 0 amide bonds. The van der Waals surface area contributed by atoms with E-state index in [1.165, 1.54) is 186 Å². The SMILES string of the molecule is CCCCCCCCCCC/C=C/CCCCCCCCCC(=O)OC(COCCC(C(=O)O)[N+](C)(C)C)COC(=O)CCCCCCCCCCCCCCCCCCC. The van der Waals surface area contributed by atoms with Gasteiger partial charge in [0.05, 0.1) is 34.4 Å². The van der Waals surface area contributed by atoms with Crippen molar-refractivity contribution < 1.29 is 38.2 Å². The third-order valence-corrected chi connectivity index (χ3v) is 12.2. The summed E-state index contributed by atoms with van der Waals surface area (Å²) in [4.78, 5) is 37.2. The van der Waals surface area contributed by atoms with Crippen molar-refractivity contribution in [2.24, 2.45) is 0 Å². The molecule has 1 N–H and O–H groups in total. The van der Waals surface area contributed by atoms with E-state index >= 15 is 0 Å². The molecule has 0 fully saturated rings. The van der Waals surface area contributed by atoms with E-state index in [4.69, 9.17) is 14.2 Å². The molecule has 360 valence electrons. The average molecular weight is 865 g/mol. The molecule has 0 saturated carbocycles. The Hall–Kier alpha value is -1.93. The number of nitrogens with zero attached hydrogens (tertiary/aromatic N) is 1. The molecule has 0 aromatic heterocycles. The molecule has 0 heterocycles. The van der Waals surface area contributed by atoms with Crippen LogP contribution in [0.4, 0.5) is 0 Å². The topological polar surface area (TPSA) is 99.1 Å². The summed E-state index contributed by atoms with van der Waals surface area (Å²) < 4.78 is 17.4. The van der Waals surface area contributed by atoms with Crippen LogP contribution in [0.2, 0.25) is 0 Å². The van der Waals surface area contributed by atoms with Crippen molar-refractivity contribution >= 4 is 17.9 Å². The predicted octanol–water partition coefficient (Wildman–Crippen LogP) is 15.0. The third-order valence-electron chi connectivity index (χ3n) is 12.2. The Morgan fingerprint density at radius 2 is 0.820 bits per heavy atom. The van der Waals surface area contributed by atoms with Gasteiger partial charge in [0.25, 0.3) is 0 Å². The van der Waals surface area contributed by atoms with Crippen molar-refractivity contribution in [2.75, 3.05) is 41.0 Å². The van der Waals surface area contributed by atoms with Crippen LogP contribution >= 0.6 is 0 Å². The van der Waals surface area contributed by atoms with Gasteiger partial charge in [-0.3, -0.25) is 9.59 Å². The first-order valence-electron chi connectivity index (χ1n) is 26.2. The molecule has 61 heavy (non-hydrogen) atoms. The van der Waals surface area contributed by atoms with E-state index in [0.717, 1.165) is 38.5 Å². The number of hydrogen-bond acceptors (Lipinski definition) is 6. The second kappa shape index (κ2) is 44.7. The summed E-state index contributed by atoms with van der Waals surface area (Å²) in [5, 5.41) is 9.65. The number of carbonyl (C=O) groups is 3. The molecule has 8 heteroatoms. The highest BCUT2D eigenvalue weighted by Gasteiger charge is 2.31. The highest BCUT2D eigenvalue weighted by molar-refractivity contribution is 5.72. The van der Waals surface area contributed by atoms with E-state index in [1.807, 2.05) is 21.1 Å². The minimum absolute atomic E-state index is 0.0460. The Bertz CT molecular complexity index is 1010. The number of aliphatic carboxylic acids is 1. The summed E-state index contributed by atoms with van der Waals surface area (Å²) >= 11 is 0. The minimum Gasteiger partial charge on any atom is -0.477 e. The van der Waals surface area contributed by atoms with Crippen LogP contribution in [-0.2, 0) is 28.6 Å². The third kappa shape index (κ3) is 43.1. The maximum Gasteiger partial charge on any atom is 0.362 e. The summed E-state index contributed by atoms with van der Waals surface area (Å²) in [6.07, 6.45) is 49.7. The monoisotopic (exact) mass is 865 g/mol. The molecule has 0 spiro atoms. The molecule has 2 unspecified atom stereocenters. The summed E-state index contributed by atoms with van der Waals surface area (Å²) in [5.74, 6) is -1.45. The zero-order chi connectivity index (χ0) is 44.9. The lowest BCUT2D eigenvalue weighted by atomic mass is 10.0. The zero-order valence-electron chi connectivity index (χ0n) is 41.1. The molecule has 0 aliphatic rings. The van der Waals surface area contributed by atoms with Gasteiger partial charge in [-0.2, -0.15) is 0 Å². The molecular weight excluding hydrogens is 763 g/mol. The van der Waals surface area contributed by atoms with Crippen LogP contribution < -0.4 is 0 Å². The molecule has 0 radical (unpaired) electrons. The quantitative estimate of drug-likeness (QED) is 0.0281.